The Bertz CT molecular complexity index is 872. The first-order valence-corrected chi connectivity index (χ1v) is 7.81. The molecule has 22 heavy (non-hydrogen) atoms. The molecule has 0 N–H and O–H groups in total. The molecular weight excluding hydrogens is 320 g/mol. The molecule has 110 valence electrons. The van der Waals surface area contributed by atoms with Crippen molar-refractivity contribution in [1.82, 2.24) is 9.78 Å². The van der Waals surface area contributed by atoms with Gasteiger partial charge in [0, 0.05) is 11.6 Å². The van der Waals surface area contributed by atoms with E-state index in [4.69, 9.17) is 11.6 Å². The molecule has 0 amide bonds. The lowest BCUT2D eigenvalue weighted by Gasteiger charge is -2.06. The maximum absolute atomic E-state index is 12.3. The number of nitrogens with zero attached hydrogens (tertiary/aromatic N) is 2. The summed E-state index contributed by atoms with van der Waals surface area (Å²) in [6, 6.07) is 13.7. The molecule has 0 saturated heterocycles. The lowest BCUT2D eigenvalue weighted by Crippen LogP contribution is -2.26. The zero-order valence-electron chi connectivity index (χ0n) is 11.4. The zero-order valence-corrected chi connectivity index (χ0v) is 13.0. The second kappa shape index (κ2) is 6.25. The topological polar surface area (TPSA) is 52.0 Å². The van der Waals surface area contributed by atoms with Crippen molar-refractivity contribution in [2.75, 3.05) is 0 Å². The number of aromatic nitrogens is 2. The summed E-state index contributed by atoms with van der Waals surface area (Å²) in [4.78, 5) is 25.2. The van der Waals surface area contributed by atoms with Crippen molar-refractivity contribution in [1.29, 1.82) is 0 Å². The molecule has 3 rings (SSSR count). The monoisotopic (exact) mass is 330 g/mol. The number of rotatable bonds is 4. The Morgan fingerprint density at radius 3 is 2.68 bits per heavy atom. The number of benzene rings is 1. The molecule has 0 spiro atoms. The number of carbonyl (C=O) groups excluding carboxylic acids is 1. The highest BCUT2D eigenvalue weighted by Gasteiger charge is 2.13. The Hall–Kier alpha value is -2.24. The summed E-state index contributed by atoms with van der Waals surface area (Å²) in [6.07, 6.45) is 0. The maximum atomic E-state index is 12.3. The highest BCUT2D eigenvalue weighted by Crippen LogP contribution is 2.21. The van der Waals surface area contributed by atoms with Crippen molar-refractivity contribution in [3.05, 3.63) is 74.9 Å². The quantitative estimate of drug-likeness (QED) is 0.688. The number of ketones is 1. The molecule has 0 aliphatic heterocycles. The van der Waals surface area contributed by atoms with E-state index in [1.54, 1.807) is 30.3 Å². The second-order valence-corrected chi connectivity index (χ2v) is 5.95. The number of hydrogen-bond donors (Lipinski definition) is 0. The van der Waals surface area contributed by atoms with Gasteiger partial charge in [0.1, 0.15) is 12.2 Å². The van der Waals surface area contributed by atoms with E-state index in [1.807, 2.05) is 17.5 Å². The first kappa shape index (κ1) is 14.7. The molecule has 3 aromatic rings. The van der Waals surface area contributed by atoms with Gasteiger partial charge in [-0.2, -0.15) is 5.10 Å². The minimum absolute atomic E-state index is 0.137. The Labute approximate surface area is 135 Å². The van der Waals surface area contributed by atoms with Gasteiger partial charge in [-0.05, 0) is 29.6 Å². The predicted octanol–water partition coefficient (Wildman–Crippen LogP) is 3.51. The van der Waals surface area contributed by atoms with Gasteiger partial charge >= 0.3 is 0 Å². The van der Waals surface area contributed by atoms with E-state index in [2.05, 4.69) is 5.10 Å². The average molecular weight is 331 g/mol. The summed E-state index contributed by atoms with van der Waals surface area (Å²) < 4.78 is 1.17. The summed E-state index contributed by atoms with van der Waals surface area (Å²) in [5, 5.41) is 6.56. The first-order chi connectivity index (χ1) is 10.6. The molecule has 0 aliphatic rings. The molecule has 2 aromatic heterocycles. The normalized spacial score (nSPS) is 10.6. The van der Waals surface area contributed by atoms with Crippen LogP contribution in [0.4, 0.5) is 0 Å². The first-order valence-electron chi connectivity index (χ1n) is 6.55. The van der Waals surface area contributed by atoms with E-state index in [0.717, 1.165) is 4.88 Å². The van der Waals surface area contributed by atoms with Crippen molar-refractivity contribution in [2.24, 2.45) is 0 Å². The van der Waals surface area contributed by atoms with Crippen molar-refractivity contribution >= 4 is 28.7 Å². The van der Waals surface area contributed by atoms with E-state index in [0.29, 0.717) is 16.3 Å². The van der Waals surface area contributed by atoms with Gasteiger partial charge in [-0.15, -0.1) is 11.3 Å². The summed E-state index contributed by atoms with van der Waals surface area (Å²) in [5.74, 6) is -0.247. The van der Waals surface area contributed by atoms with Gasteiger partial charge in [0.15, 0.2) is 5.78 Å². The summed E-state index contributed by atoms with van der Waals surface area (Å²) in [6.45, 7) is -0.137. The van der Waals surface area contributed by atoms with Gasteiger partial charge in [-0.25, -0.2) is 4.68 Å². The van der Waals surface area contributed by atoms with Crippen LogP contribution < -0.4 is 5.56 Å². The number of hydrogen-bond acceptors (Lipinski definition) is 4. The molecule has 0 fully saturated rings. The summed E-state index contributed by atoms with van der Waals surface area (Å²) in [7, 11) is 0. The second-order valence-electron chi connectivity index (χ2n) is 4.59. The van der Waals surface area contributed by atoms with Crippen LogP contribution in [-0.4, -0.2) is 15.6 Å². The highest BCUT2D eigenvalue weighted by atomic mass is 35.5. The minimum Gasteiger partial charge on any atom is -0.292 e. The maximum Gasteiger partial charge on any atom is 0.267 e. The Balaban J connectivity index is 1.92. The molecule has 0 bridgehead atoms. The van der Waals surface area contributed by atoms with E-state index < -0.39 is 0 Å². The lowest BCUT2D eigenvalue weighted by atomic mass is 10.1. The molecule has 1 aromatic carbocycles. The average Bonchev–Trinajstić information content (AvgIpc) is 3.04. The fraction of sp³-hybridized carbons (Fsp3) is 0.0625. The van der Waals surface area contributed by atoms with Crippen LogP contribution in [0.1, 0.15) is 10.4 Å². The largest absolute Gasteiger partial charge is 0.292 e. The zero-order chi connectivity index (χ0) is 15.5. The lowest BCUT2D eigenvalue weighted by molar-refractivity contribution is 0.0966. The van der Waals surface area contributed by atoms with Crippen LogP contribution in [0, 0.1) is 0 Å². The Kier molecular flexibility index (Phi) is 4.18. The van der Waals surface area contributed by atoms with E-state index in [-0.39, 0.29) is 17.9 Å². The van der Waals surface area contributed by atoms with Gasteiger partial charge in [-0.3, -0.25) is 9.59 Å². The van der Waals surface area contributed by atoms with Crippen LogP contribution in [0.15, 0.2) is 58.7 Å². The molecule has 0 saturated carbocycles. The molecular formula is C16H11ClN2O2S. The fourth-order valence-electron chi connectivity index (χ4n) is 2.03. The van der Waals surface area contributed by atoms with Gasteiger partial charge < -0.3 is 0 Å². The molecule has 2 heterocycles. The van der Waals surface area contributed by atoms with E-state index in [1.165, 1.54) is 22.1 Å². The third kappa shape index (κ3) is 3.00. The SMILES string of the molecule is O=C(Cn1nc(-c2cccs2)ccc1=O)c1ccccc1Cl. The smallest absolute Gasteiger partial charge is 0.267 e. The van der Waals surface area contributed by atoms with Crippen molar-refractivity contribution in [3.63, 3.8) is 0 Å². The highest BCUT2D eigenvalue weighted by molar-refractivity contribution is 7.13. The van der Waals surface area contributed by atoms with Crippen molar-refractivity contribution in [2.45, 2.75) is 6.54 Å². The predicted molar refractivity (Wildman–Crippen MR) is 87.6 cm³/mol. The van der Waals surface area contributed by atoms with Crippen LogP contribution in [0.2, 0.25) is 5.02 Å². The molecule has 0 aliphatic carbocycles. The van der Waals surface area contributed by atoms with Gasteiger partial charge in [-0.1, -0.05) is 29.8 Å². The van der Waals surface area contributed by atoms with Gasteiger partial charge in [0.05, 0.1) is 9.90 Å². The standard InChI is InChI=1S/C16H11ClN2O2S/c17-12-5-2-1-4-11(12)14(20)10-19-16(21)8-7-13(18-19)15-6-3-9-22-15/h1-9H,10H2. The Morgan fingerprint density at radius 2 is 1.95 bits per heavy atom. The van der Waals surface area contributed by atoms with Crippen LogP contribution in [0.3, 0.4) is 0 Å². The van der Waals surface area contributed by atoms with Gasteiger partial charge in [0.2, 0.25) is 0 Å². The van der Waals surface area contributed by atoms with E-state index >= 15 is 0 Å². The van der Waals surface area contributed by atoms with E-state index in [9.17, 15) is 9.59 Å². The minimum atomic E-state index is -0.319. The van der Waals surface area contributed by atoms with Crippen LogP contribution in [0.25, 0.3) is 10.6 Å². The van der Waals surface area contributed by atoms with Crippen LogP contribution >= 0.6 is 22.9 Å². The molecule has 0 atom stereocenters. The Morgan fingerprint density at radius 1 is 1.14 bits per heavy atom. The molecule has 0 unspecified atom stereocenters. The van der Waals surface area contributed by atoms with Crippen LogP contribution in [0.5, 0.6) is 0 Å². The molecule has 4 nitrogen and oxygen atoms in total. The summed E-state index contributed by atoms with van der Waals surface area (Å²) >= 11 is 7.54. The number of Topliss-reactive ketones (excluding diaryl/α,β-unsaturated/α-hetero) is 1. The summed E-state index contributed by atoms with van der Waals surface area (Å²) in [5.41, 5.74) is 0.738. The van der Waals surface area contributed by atoms with Crippen LogP contribution in [-0.2, 0) is 6.54 Å². The van der Waals surface area contributed by atoms with Gasteiger partial charge in [0.25, 0.3) is 5.56 Å². The number of thiophene rings is 1. The third-order valence-corrected chi connectivity index (χ3v) is 4.33. The van der Waals surface area contributed by atoms with Crippen molar-refractivity contribution in [3.8, 4) is 10.6 Å². The molecule has 6 heteroatoms. The van der Waals surface area contributed by atoms with Crippen molar-refractivity contribution < 1.29 is 4.79 Å². The molecule has 0 radical (unpaired) electrons. The number of halogens is 1. The fourth-order valence-corrected chi connectivity index (χ4v) is 2.96. The third-order valence-electron chi connectivity index (χ3n) is 3.11. The number of carbonyl (C=O) groups is 1.